The fourth-order valence-corrected chi connectivity index (χ4v) is 5.81. The van der Waals surface area contributed by atoms with Crippen molar-refractivity contribution in [3.63, 3.8) is 0 Å². The predicted molar refractivity (Wildman–Crippen MR) is 144 cm³/mol. The largest absolute Gasteiger partial charge is 0.508 e. The second kappa shape index (κ2) is 13.7. The third-order valence-corrected chi connectivity index (χ3v) is 7.85. The van der Waals surface area contributed by atoms with Gasteiger partial charge in [0.15, 0.2) is 0 Å². The van der Waals surface area contributed by atoms with Gasteiger partial charge in [0.2, 0.25) is 0 Å². The van der Waals surface area contributed by atoms with Gasteiger partial charge >= 0.3 is 0 Å². The van der Waals surface area contributed by atoms with Gasteiger partial charge in [-0.3, -0.25) is 0 Å². The van der Waals surface area contributed by atoms with Crippen LogP contribution in [0.15, 0.2) is 24.3 Å². The number of phenolic OH excluding ortho intramolecular Hbond substituents is 4. The van der Waals surface area contributed by atoms with Gasteiger partial charge in [-0.1, -0.05) is 71.6 Å². The number of aromatic hydroxyl groups is 4. The van der Waals surface area contributed by atoms with Gasteiger partial charge in [-0.05, 0) is 67.7 Å². The molecule has 1 aliphatic rings. The smallest absolute Gasteiger partial charge is 0.123 e. The number of aryl methyl sites for hydroxylation is 2. The average Bonchev–Trinajstić information content (AvgIpc) is 2.84. The highest BCUT2D eigenvalue weighted by Gasteiger charge is 2.32. The zero-order valence-electron chi connectivity index (χ0n) is 21.9. The third kappa shape index (κ3) is 7.32. The van der Waals surface area contributed by atoms with E-state index in [0.717, 1.165) is 99.3 Å². The van der Waals surface area contributed by atoms with Crippen molar-refractivity contribution >= 4 is 0 Å². The molecule has 0 amide bonds. The lowest BCUT2D eigenvalue weighted by molar-refractivity contribution is 0.316. The second-order valence-electron chi connectivity index (χ2n) is 10.6. The zero-order valence-corrected chi connectivity index (χ0v) is 21.9. The number of unbranched alkanes of at least 4 members (excludes halogenated alkanes) is 6. The summed E-state index contributed by atoms with van der Waals surface area (Å²) in [7, 11) is 0. The third-order valence-electron chi connectivity index (χ3n) is 7.85. The molecule has 2 aromatic carbocycles. The number of benzene rings is 2. The van der Waals surface area contributed by atoms with Crippen LogP contribution in [0.3, 0.4) is 0 Å². The fraction of sp³-hybridized carbons (Fsp3) is 0.613. The Hall–Kier alpha value is -2.36. The van der Waals surface area contributed by atoms with Gasteiger partial charge in [-0.25, -0.2) is 0 Å². The molecule has 1 saturated carbocycles. The zero-order chi connectivity index (χ0) is 25.2. The fourth-order valence-electron chi connectivity index (χ4n) is 5.81. The highest BCUT2D eigenvalue weighted by Crippen LogP contribution is 2.48. The molecule has 0 unspecified atom stereocenters. The van der Waals surface area contributed by atoms with E-state index in [1.165, 1.54) is 31.4 Å². The summed E-state index contributed by atoms with van der Waals surface area (Å²) in [5, 5.41) is 43.2. The Morgan fingerprint density at radius 1 is 0.600 bits per heavy atom. The Kier molecular flexibility index (Phi) is 10.6. The first-order valence-electron chi connectivity index (χ1n) is 14.1. The van der Waals surface area contributed by atoms with Crippen molar-refractivity contribution in [1.29, 1.82) is 0 Å². The minimum Gasteiger partial charge on any atom is -0.508 e. The predicted octanol–water partition coefficient (Wildman–Crippen LogP) is 8.47. The first kappa shape index (κ1) is 27.2. The van der Waals surface area contributed by atoms with Crippen LogP contribution >= 0.6 is 0 Å². The Labute approximate surface area is 212 Å². The van der Waals surface area contributed by atoms with Crippen LogP contribution in [0.1, 0.15) is 125 Å². The van der Waals surface area contributed by atoms with Gasteiger partial charge in [0.1, 0.15) is 23.0 Å². The normalized spacial score (nSPS) is 14.6. The first-order chi connectivity index (χ1) is 17.0. The highest BCUT2D eigenvalue weighted by molar-refractivity contribution is 5.55. The molecule has 0 aromatic heterocycles. The van der Waals surface area contributed by atoms with Crippen molar-refractivity contribution in [2.75, 3.05) is 0 Å². The van der Waals surface area contributed by atoms with Crippen molar-refractivity contribution in [1.82, 2.24) is 0 Å². The molecule has 35 heavy (non-hydrogen) atoms. The molecule has 0 heterocycles. The number of hydrogen-bond donors (Lipinski definition) is 4. The molecule has 2 aromatic rings. The topological polar surface area (TPSA) is 80.9 Å². The number of rotatable bonds is 13. The van der Waals surface area contributed by atoms with Crippen molar-refractivity contribution in [3.8, 4) is 23.0 Å². The lowest BCUT2D eigenvalue weighted by Crippen LogP contribution is -2.18. The summed E-state index contributed by atoms with van der Waals surface area (Å²) in [4.78, 5) is 0. The molecule has 4 N–H and O–H groups in total. The van der Waals surface area contributed by atoms with E-state index >= 15 is 0 Å². The van der Waals surface area contributed by atoms with Crippen LogP contribution in [0.5, 0.6) is 23.0 Å². The van der Waals surface area contributed by atoms with E-state index in [4.69, 9.17) is 0 Å². The van der Waals surface area contributed by atoms with Gasteiger partial charge in [0.05, 0.1) is 0 Å². The molecule has 194 valence electrons. The molecule has 1 aliphatic carbocycles. The molecule has 0 saturated heterocycles. The summed E-state index contributed by atoms with van der Waals surface area (Å²) in [5.74, 6) is 0.615. The maximum Gasteiger partial charge on any atom is 0.123 e. The summed E-state index contributed by atoms with van der Waals surface area (Å²) in [5.41, 5.74) is 3.32. The molecule has 4 nitrogen and oxygen atoms in total. The molecular weight excluding hydrogens is 436 g/mol. The van der Waals surface area contributed by atoms with Crippen LogP contribution in [0, 0.1) is 5.92 Å². The summed E-state index contributed by atoms with van der Waals surface area (Å²) in [6.07, 6.45) is 16.1. The summed E-state index contributed by atoms with van der Waals surface area (Å²) in [6.45, 7) is 4.38. The van der Waals surface area contributed by atoms with E-state index in [9.17, 15) is 20.4 Å². The standard InChI is InChI=1S/C31H46O4/c1-3-5-7-10-16-23-18-25(29(34)20-27(23)32)31(22-14-12-9-13-15-22)26-19-24(17-11-8-6-4-2)28(33)21-30(26)35/h18-22,31-35H,3-17H2,1-2H3. The van der Waals surface area contributed by atoms with Crippen LogP contribution in [0.4, 0.5) is 0 Å². The number of hydrogen-bond acceptors (Lipinski definition) is 4. The lowest BCUT2D eigenvalue weighted by atomic mass is 9.72. The van der Waals surface area contributed by atoms with Crippen molar-refractivity contribution < 1.29 is 20.4 Å². The minimum absolute atomic E-state index is 0.0901. The quantitative estimate of drug-likeness (QED) is 0.216. The number of phenols is 4. The van der Waals surface area contributed by atoms with E-state index in [0.29, 0.717) is 5.92 Å². The summed E-state index contributed by atoms with van der Waals surface area (Å²) >= 11 is 0. The van der Waals surface area contributed by atoms with Gasteiger partial charge in [-0.15, -0.1) is 0 Å². The maximum absolute atomic E-state index is 11.0. The Morgan fingerprint density at radius 2 is 1.06 bits per heavy atom. The average molecular weight is 483 g/mol. The summed E-state index contributed by atoms with van der Waals surface area (Å²) in [6, 6.07) is 6.93. The van der Waals surface area contributed by atoms with Gasteiger partial charge in [-0.2, -0.15) is 0 Å². The van der Waals surface area contributed by atoms with E-state index in [2.05, 4.69) is 13.8 Å². The van der Waals surface area contributed by atoms with E-state index < -0.39 is 0 Å². The molecule has 1 fully saturated rings. The molecule has 0 spiro atoms. The Bertz CT molecular complexity index is 863. The lowest BCUT2D eigenvalue weighted by Gasteiger charge is -2.32. The van der Waals surface area contributed by atoms with Crippen LogP contribution in [0.2, 0.25) is 0 Å². The molecule has 0 bridgehead atoms. The molecular formula is C31H46O4. The van der Waals surface area contributed by atoms with Crippen LogP contribution in [-0.4, -0.2) is 20.4 Å². The van der Waals surface area contributed by atoms with Crippen LogP contribution < -0.4 is 0 Å². The van der Waals surface area contributed by atoms with Crippen molar-refractivity contribution in [3.05, 3.63) is 46.5 Å². The monoisotopic (exact) mass is 482 g/mol. The molecule has 4 heteroatoms. The second-order valence-corrected chi connectivity index (χ2v) is 10.6. The van der Waals surface area contributed by atoms with Crippen LogP contribution in [-0.2, 0) is 12.8 Å². The van der Waals surface area contributed by atoms with Crippen LogP contribution in [0.25, 0.3) is 0 Å². The van der Waals surface area contributed by atoms with Crippen molar-refractivity contribution in [2.45, 2.75) is 116 Å². The first-order valence-corrected chi connectivity index (χ1v) is 14.1. The van der Waals surface area contributed by atoms with E-state index in [1.807, 2.05) is 12.1 Å². The minimum atomic E-state index is -0.166. The Balaban J connectivity index is 2.00. The van der Waals surface area contributed by atoms with Gasteiger partial charge < -0.3 is 20.4 Å². The Morgan fingerprint density at radius 3 is 1.49 bits per heavy atom. The molecule has 0 radical (unpaired) electrons. The molecule has 0 aliphatic heterocycles. The highest BCUT2D eigenvalue weighted by atomic mass is 16.3. The van der Waals surface area contributed by atoms with E-state index in [-0.39, 0.29) is 28.9 Å². The SMILES string of the molecule is CCCCCCc1cc(C(c2cc(CCCCCC)c(O)cc2O)C2CCCCC2)c(O)cc1O. The molecule has 0 atom stereocenters. The summed E-state index contributed by atoms with van der Waals surface area (Å²) < 4.78 is 0. The van der Waals surface area contributed by atoms with Gasteiger partial charge in [0, 0.05) is 29.2 Å². The maximum atomic E-state index is 11.0. The van der Waals surface area contributed by atoms with Crippen molar-refractivity contribution in [2.24, 2.45) is 5.92 Å². The van der Waals surface area contributed by atoms with E-state index in [1.54, 1.807) is 0 Å². The molecule has 3 rings (SSSR count). The van der Waals surface area contributed by atoms with Gasteiger partial charge in [0.25, 0.3) is 0 Å².